The van der Waals surface area contributed by atoms with E-state index >= 15 is 0 Å². The lowest BCUT2D eigenvalue weighted by Gasteiger charge is -2.05. The zero-order chi connectivity index (χ0) is 12.7. The van der Waals surface area contributed by atoms with Crippen molar-refractivity contribution in [1.29, 1.82) is 0 Å². The second-order valence-electron chi connectivity index (χ2n) is 3.64. The van der Waals surface area contributed by atoms with Gasteiger partial charge in [0, 0.05) is 0 Å². The molecule has 0 amide bonds. The fourth-order valence-electron chi connectivity index (χ4n) is 1.25. The van der Waals surface area contributed by atoms with Gasteiger partial charge in [0.2, 0.25) is 0 Å². The van der Waals surface area contributed by atoms with E-state index < -0.39 is 10.1 Å². The Morgan fingerprint density at radius 3 is 2.47 bits per heavy atom. The van der Waals surface area contributed by atoms with Crippen molar-refractivity contribution >= 4 is 21.9 Å². The molecule has 3 nitrogen and oxygen atoms in total. The van der Waals surface area contributed by atoms with Gasteiger partial charge in [-0.2, -0.15) is 20.2 Å². The van der Waals surface area contributed by atoms with Crippen LogP contribution in [0.15, 0.2) is 29.2 Å². The van der Waals surface area contributed by atoms with Crippen LogP contribution in [0.25, 0.3) is 0 Å². The normalized spacial score (nSPS) is 11.6. The molecular weight excluding hydrogens is 256 g/mol. The molecule has 0 bridgehead atoms. The largest absolute Gasteiger partial charge is 0.296 e. The molecule has 0 aromatic heterocycles. The molecule has 0 aliphatic carbocycles. The fraction of sp³-hybridized carbons (Fsp3) is 0.500. The monoisotopic (exact) mass is 274 g/mol. The molecule has 0 radical (unpaired) electrons. The third-order valence-corrected chi connectivity index (χ3v) is 4.50. The lowest BCUT2D eigenvalue weighted by atomic mass is 10.2. The number of thioether (sulfide) groups is 1. The first-order chi connectivity index (χ1) is 8.06. The Labute approximate surface area is 108 Å². The van der Waals surface area contributed by atoms with E-state index in [9.17, 15) is 8.42 Å². The minimum absolute atomic E-state index is 0.228. The van der Waals surface area contributed by atoms with Crippen molar-refractivity contribution in [3.05, 3.63) is 29.8 Å². The zero-order valence-electron chi connectivity index (χ0n) is 10.2. The second-order valence-corrected chi connectivity index (χ2v) is 6.65. The average molecular weight is 274 g/mol. The van der Waals surface area contributed by atoms with Crippen LogP contribution in [0.1, 0.15) is 18.9 Å². The molecule has 0 fully saturated rings. The van der Waals surface area contributed by atoms with Crippen LogP contribution >= 0.6 is 11.8 Å². The van der Waals surface area contributed by atoms with E-state index in [4.69, 9.17) is 4.18 Å². The summed E-state index contributed by atoms with van der Waals surface area (Å²) in [6.07, 6.45) is 0.754. The van der Waals surface area contributed by atoms with Gasteiger partial charge in [0.05, 0.1) is 11.5 Å². The summed E-state index contributed by atoms with van der Waals surface area (Å²) in [7, 11) is -3.57. The van der Waals surface area contributed by atoms with Gasteiger partial charge in [-0.3, -0.25) is 4.18 Å². The molecule has 96 valence electrons. The number of aryl methyl sites for hydroxylation is 1. The van der Waals surface area contributed by atoms with Gasteiger partial charge in [0.15, 0.2) is 0 Å². The maximum atomic E-state index is 11.7. The summed E-state index contributed by atoms with van der Waals surface area (Å²) in [5, 5.41) is 0. The van der Waals surface area contributed by atoms with Crippen molar-refractivity contribution in [3.63, 3.8) is 0 Å². The van der Waals surface area contributed by atoms with Gasteiger partial charge in [0.25, 0.3) is 10.1 Å². The van der Waals surface area contributed by atoms with E-state index in [1.54, 1.807) is 36.0 Å². The molecule has 0 heterocycles. The Morgan fingerprint density at radius 2 is 1.88 bits per heavy atom. The summed E-state index contributed by atoms with van der Waals surface area (Å²) in [4.78, 5) is 0.228. The smallest absolute Gasteiger partial charge is 0.266 e. The third kappa shape index (κ3) is 5.10. The van der Waals surface area contributed by atoms with Crippen molar-refractivity contribution in [2.24, 2.45) is 0 Å². The fourth-order valence-corrected chi connectivity index (χ4v) is 2.80. The standard InChI is InChI=1S/C12H18O3S2/c1-3-16-10-4-9-15-17(13,14)12-7-5-11(2)6-8-12/h5-8H,3-4,9-10H2,1-2H3. The van der Waals surface area contributed by atoms with Crippen molar-refractivity contribution in [3.8, 4) is 0 Å². The average Bonchev–Trinajstić information content (AvgIpc) is 2.29. The SMILES string of the molecule is CCSCCCOS(=O)(=O)c1ccc(C)cc1. The molecule has 0 aliphatic heterocycles. The number of benzene rings is 1. The molecule has 0 spiro atoms. The van der Waals surface area contributed by atoms with Crippen LogP contribution in [0.5, 0.6) is 0 Å². The van der Waals surface area contributed by atoms with Gasteiger partial charge in [-0.25, -0.2) is 0 Å². The Bertz CT molecular complexity index is 424. The quantitative estimate of drug-likeness (QED) is 0.566. The van der Waals surface area contributed by atoms with E-state index in [1.807, 2.05) is 6.92 Å². The summed E-state index contributed by atoms with van der Waals surface area (Å²) in [6, 6.07) is 6.68. The predicted molar refractivity (Wildman–Crippen MR) is 71.9 cm³/mol. The molecule has 0 atom stereocenters. The second kappa shape index (κ2) is 7.03. The molecule has 0 N–H and O–H groups in total. The van der Waals surface area contributed by atoms with Crippen LogP contribution in [-0.2, 0) is 14.3 Å². The van der Waals surface area contributed by atoms with Gasteiger partial charge < -0.3 is 0 Å². The van der Waals surface area contributed by atoms with Crippen LogP contribution < -0.4 is 0 Å². The van der Waals surface area contributed by atoms with Crippen molar-refractivity contribution < 1.29 is 12.6 Å². The molecule has 0 saturated heterocycles. The summed E-state index contributed by atoms with van der Waals surface area (Å²) in [5.74, 6) is 1.98. The zero-order valence-corrected chi connectivity index (χ0v) is 11.8. The van der Waals surface area contributed by atoms with Crippen molar-refractivity contribution in [2.45, 2.75) is 25.2 Å². The molecule has 0 unspecified atom stereocenters. The minimum atomic E-state index is -3.57. The van der Waals surface area contributed by atoms with Gasteiger partial charge >= 0.3 is 0 Å². The Kier molecular flexibility index (Phi) is 6.02. The van der Waals surface area contributed by atoms with E-state index in [-0.39, 0.29) is 11.5 Å². The predicted octanol–water partition coefficient (Wildman–Crippen LogP) is 2.84. The molecule has 0 aliphatic rings. The minimum Gasteiger partial charge on any atom is -0.266 e. The van der Waals surface area contributed by atoms with Gasteiger partial charge in [-0.15, -0.1) is 0 Å². The van der Waals surface area contributed by atoms with Crippen LogP contribution in [0.3, 0.4) is 0 Å². The summed E-state index contributed by atoms with van der Waals surface area (Å²) >= 11 is 1.78. The first-order valence-electron chi connectivity index (χ1n) is 5.60. The van der Waals surface area contributed by atoms with Crippen molar-refractivity contribution in [1.82, 2.24) is 0 Å². The summed E-state index contributed by atoms with van der Waals surface area (Å²) < 4.78 is 28.5. The van der Waals surface area contributed by atoms with Gasteiger partial charge in [-0.1, -0.05) is 24.6 Å². The first kappa shape index (κ1) is 14.5. The van der Waals surface area contributed by atoms with Crippen molar-refractivity contribution in [2.75, 3.05) is 18.1 Å². The Hall–Kier alpha value is -0.520. The lowest BCUT2D eigenvalue weighted by Crippen LogP contribution is -2.08. The first-order valence-corrected chi connectivity index (χ1v) is 8.16. The van der Waals surface area contributed by atoms with Gasteiger partial charge in [0.1, 0.15) is 0 Å². The maximum Gasteiger partial charge on any atom is 0.296 e. The van der Waals surface area contributed by atoms with Crippen LogP contribution in [0.4, 0.5) is 0 Å². The molecule has 0 saturated carbocycles. The molecule has 1 aromatic carbocycles. The van der Waals surface area contributed by atoms with Gasteiger partial charge in [-0.05, 0) is 37.0 Å². The third-order valence-electron chi connectivity index (χ3n) is 2.19. The van der Waals surface area contributed by atoms with E-state index in [1.165, 1.54) is 0 Å². The maximum absolute atomic E-state index is 11.7. The highest BCUT2D eigenvalue weighted by Gasteiger charge is 2.13. The Morgan fingerprint density at radius 1 is 1.24 bits per heavy atom. The lowest BCUT2D eigenvalue weighted by molar-refractivity contribution is 0.319. The van der Waals surface area contributed by atoms with E-state index in [0.29, 0.717) is 0 Å². The number of hydrogen-bond donors (Lipinski definition) is 0. The Balaban J connectivity index is 2.48. The number of hydrogen-bond acceptors (Lipinski definition) is 4. The summed E-state index contributed by atoms with van der Waals surface area (Å²) in [6.45, 7) is 4.25. The van der Waals surface area contributed by atoms with E-state index in [0.717, 1.165) is 23.5 Å². The van der Waals surface area contributed by atoms with E-state index in [2.05, 4.69) is 6.92 Å². The summed E-state index contributed by atoms with van der Waals surface area (Å²) in [5.41, 5.74) is 1.03. The highest BCUT2D eigenvalue weighted by Crippen LogP contribution is 2.13. The molecule has 1 rings (SSSR count). The van der Waals surface area contributed by atoms with Crippen LogP contribution in [-0.4, -0.2) is 26.5 Å². The highest BCUT2D eigenvalue weighted by molar-refractivity contribution is 7.99. The molecule has 17 heavy (non-hydrogen) atoms. The highest BCUT2D eigenvalue weighted by atomic mass is 32.2. The van der Waals surface area contributed by atoms with Crippen LogP contribution in [0.2, 0.25) is 0 Å². The topological polar surface area (TPSA) is 43.4 Å². The molecular formula is C12H18O3S2. The molecule has 1 aromatic rings. The number of rotatable bonds is 7. The van der Waals surface area contributed by atoms with Crippen LogP contribution in [0, 0.1) is 6.92 Å². The molecule has 5 heteroatoms.